The number of anilines is 1. The quantitative estimate of drug-likeness (QED) is 0.491. The van der Waals surface area contributed by atoms with Gasteiger partial charge in [0.05, 0.1) is 35.2 Å². The van der Waals surface area contributed by atoms with Crippen LogP contribution in [0.15, 0.2) is 29.3 Å². The van der Waals surface area contributed by atoms with E-state index in [2.05, 4.69) is 11.0 Å². The minimum atomic E-state index is -0.699. The average Bonchev–Trinajstić information content (AvgIpc) is 2.81. The molecule has 3 unspecified atom stereocenters. The van der Waals surface area contributed by atoms with Crippen molar-refractivity contribution < 1.29 is 14.3 Å². The number of aliphatic carboxylic acids is 1. The molecule has 5 aliphatic rings. The Morgan fingerprint density at radius 3 is 2.47 bits per heavy atom. The van der Waals surface area contributed by atoms with Gasteiger partial charge in [-0.3, -0.25) is 14.7 Å². The molecule has 182 valence electrons. The summed E-state index contributed by atoms with van der Waals surface area (Å²) in [6.07, 6.45) is 4.47. The van der Waals surface area contributed by atoms with Gasteiger partial charge in [-0.25, -0.2) is 4.39 Å². The van der Waals surface area contributed by atoms with Gasteiger partial charge in [-0.15, -0.1) is 0 Å². The number of hydrogen-bond donors (Lipinski definition) is 2. The molecule has 4 bridgehead atoms. The summed E-state index contributed by atoms with van der Waals surface area (Å²) in [5.41, 5.74) is 6.01. The van der Waals surface area contributed by atoms with Crippen LogP contribution in [0.3, 0.4) is 0 Å². The molecule has 3 atom stereocenters. The SMILES string of the molecule is CC(CC#N)(C(N)=NC1C2CC3CC1CC(C(=O)O)(C3)C2)N1CCN(c2ccccc2F)CC1. The van der Waals surface area contributed by atoms with E-state index in [1.165, 1.54) is 6.07 Å². The number of amidine groups is 1. The van der Waals surface area contributed by atoms with Gasteiger partial charge in [0.25, 0.3) is 0 Å². The fourth-order valence-corrected chi connectivity index (χ4v) is 7.44. The number of carbonyl (C=O) groups is 1. The molecule has 0 aromatic heterocycles. The van der Waals surface area contributed by atoms with Crippen molar-refractivity contribution in [2.24, 2.45) is 33.9 Å². The van der Waals surface area contributed by atoms with Crippen LogP contribution in [0.2, 0.25) is 0 Å². The van der Waals surface area contributed by atoms with Crippen LogP contribution in [0.25, 0.3) is 0 Å². The van der Waals surface area contributed by atoms with Crippen LogP contribution in [0.1, 0.15) is 45.4 Å². The number of nitrogens with zero attached hydrogens (tertiary/aromatic N) is 4. The Morgan fingerprint density at radius 1 is 1.24 bits per heavy atom. The van der Waals surface area contributed by atoms with Crippen molar-refractivity contribution in [3.8, 4) is 6.07 Å². The Labute approximate surface area is 200 Å². The molecule has 5 fully saturated rings. The van der Waals surface area contributed by atoms with E-state index in [1.807, 2.05) is 17.9 Å². The van der Waals surface area contributed by atoms with Crippen molar-refractivity contribution in [2.75, 3.05) is 31.1 Å². The molecule has 3 N–H and O–H groups in total. The molecule has 1 aromatic carbocycles. The summed E-state index contributed by atoms with van der Waals surface area (Å²) in [6.45, 7) is 4.59. The van der Waals surface area contributed by atoms with Crippen molar-refractivity contribution >= 4 is 17.5 Å². The van der Waals surface area contributed by atoms with E-state index >= 15 is 0 Å². The molecule has 4 saturated carbocycles. The monoisotopic (exact) mass is 467 g/mol. The van der Waals surface area contributed by atoms with Gasteiger partial charge < -0.3 is 15.7 Å². The normalized spacial score (nSPS) is 35.1. The summed E-state index contributed by atoms with van der Waals surface area (Å²) < 4.78 is 14.3. The molecule has 0 radical (unpaired) electrons. The fourth-order valence-electron chi connectivity index (χ4n) is 7.44. The summed E-state index contributed by atoms with van der Waals surface area (Å²) in [4.78, 5) is 21.4. The number of para-hydroxylation sites is 1. The standard InChI is InChI=1S/C26H34FN5O2/c1-25(6-7-28,32-10-8-31(9-11-32)21-5-3-2-4-20(21)27)23(29)30-22-18-12-17-13-19(22)16-26(14-17,15-18)24(33)34/h2-5,17-19,22H,6,8-16H2,1H3,(H2,29,30)(H,33,34). The highest BCUT2D eigenvalue weighted by molar-refractivity contribution is 5.90. The summed E-state index contributed by atoms with van der Waals surface area (Å²) in [5, 5.41) is 19.5. The Morgan fingerprint density at radius 2 is 1.88 bits per heavy atom. The van der Waals surface area contributed by atoms with Crippen LogP contribution in [0, 0.1) is 40.3 Å². The third-order valence-corrected chi connectivity index (χ3v) is 9.11. The number of hydrogen-bond acceptors (Lipinski definition) is 5. The molecular formula is C26H34FN5O2. The molecule has 1 aliphatic heterocycles. The summed E-state index contributed by atoms with van der Waals surface area (Å²) in [7, 11) is 0. The van der Waals surface area contributed by atoms with Crippen LogP contribution in [0.4, 0.5) is 10.1 Å². The number of piperazine rings is 1. The van der Waals surface area contributed by atoms with E-state index in [-0.39, 0.29) is 30.1 Å². The molecule has 8 heteroatoms. The van der Waals surface area contributed by atoms with Crippen molar-refractivity contribution in [2.45, 2.75) is 57.0 Å². The molecule has 0 spiro atoms. The van der Waals surface area contributed by atoms with E-state index in [1.54, 1.807) is 12.1 Å². The first-order valence-corrected chi connectivity index (χ1v) is 12.4. The van der Waals surface area contributed by atoms with Crippen LogP contribution >= 0.6 is 0 Å². The number of halogens is 1. The number of rotatable bonds is 6. The minimum absolute atomic E-state index is 0.0433. The molecule has 0 amide bonds. The van der Waals surface area contributed by atoms with Gasteiger partial charge in [0.2, 0.25) is 0 Å². The van der Waals surface area contributed by atoms with E-state index in [0.717, 1.165) is 19.3 Å². The number of nitrogens with two attached hydrogens (primary N) is 1. The predicted octanol–water partition coefficient (Wildman–Crippen LogP) is 3.26. The second kappa shape index (κ2) is 8.53. The highest BCUT2D eigenvalue weighted by atomic mass is 19.1. The Kier molecular flexibility index (Phi) is 5.79. The average molecular weight is 468 g/mol. The third kappa shape index (κ3) is 3.74. The number of aliphatic imine (C=N–C) groups is 1. The summed E-state index contributed by atoms with van der Waals surface area (Å²) in [6, 6.07) is 9.16. The fraction of sp³-hybridized carbons (Fsp3) is 0.654. The first kappa shape index (κ1) is 23.1. The maximum absolute atomic E-state index is 14.3. The molecule has 6 rings (SSSR count). The number of carboxylic acid groups (broad SMARTS) is 1. The van der Waals surface area contributed by atoms with Crippen LogP contribution in [0.5, 0.6) is 0 Å². The molecular weight excluding hydrogens is 433 g/mol. The lowest BCUT2D eigenvalue weighted by molar-refractivity contribution is -0.166. The van der Waals surface area contributed by atoms with Gasteiger partial charge in [0.15, 0.2) is 0 Å². The Bertz CT molecular complexity index is 1010. The predicted molar refractivity (Wildman–Crippen MR) is 128 cm³/mol. The van der Waals surface area contributed by atoms with Crippen molar-refractivity contribution in [1.82, 2.24) is 4.90 Å². The van der Waals surface area contributed by atoms with E-state index < -0.39 is 16.9 Å². The molecule has 34 heavy (non-hydrogen) atoms. The van der Waals surface area contributed by atoms with Gasteiger partial charge in [-0.2, -0.15) is 5.26 Å². The maximum atomic E-state index is 14.3. The van der Waals surface area contributed by atoms with Crippen molar-refractivity contribution in [1.29, 1.82) is 5.26 Å². The Hall–Kier alpha value is -2.66. The highest BCUT2D eigenvalue weighted by Crippen LogP contribution is 2.61. The smallest absolute Gasteiger partial charge is 0.309 e. The van der Waals surface area contributed by atoms with Gasteiger partial charge in [0.1, 0.15) is 11.7 Å². The van der Waals surface area contributed by atoms with Crippen molar-refractivity contribution in [3.05, 3.63) is 30.1 Å². The van der Waals surface area contributed by atoms with E-state index in [4.69, 9.17) is 10.7 Å². The van der Waals surface area contributed by atoms with Gasteiger partial charge in [0, 0.05) is 26.2 Å². The topological polar surface area (TPSA) is 106 Å². The minimum Gasteiger partial charge on any atom is -0.481 e. The van der Waals surface area contributed by atoms with Crippen LogP contribution in [-0.4, -0.2) is 59.6 Å². The molecule has 7 nitrogen and oxygen atoms in total. The van der Waals surface area contributed by atoms with Crippen LogP contribution in [-0.2, 0) is 4.79 Å². The molecule has 1 heterocycles. The first-order chi connectivity index (χ1) is 16.3. The maximum Gasteiger partial charge on any atom is 0.309 e. The van der Waals surface area contributed by atoms with E-state index in [0.29, 0.717) is 56.5 Å². The lowest BCUT2D eigenvalue weighted by Crippen LogP contribution is -2.62. The lowest BCUT2D eigenvalue weighted by Gasteiger charge is -2.57. The first-order valence-electron chi connectivity index (χ1n) is 12.4. The summed E-state index contributed by atoms with van der Waals surface area (Å²) in [5.74, 6) is 0.603. The zero-order valence-corrected chi connectivity index (χ0v) is 19.8. The van der Waals surface area contributed by atoms with Gasteiger partial charge in [-0.05, 0) is 68.9 Å². The number of carboxylic acids is 1. The lowest BCUT2D eigenvalue weighted by atomic mass is 9.48. The molecule has 4 aliphatic carbocycles. The second-order valence-corrected chi connectivity index (χ2v) is 11.1. The number of benzene rings is 1. The second-order valence-electron chi connectivity index (χ2n) is 11.1. The third-order valence-electron chi connectivity index (χ3n) is 9.11. The highest BCUT2D eigenvalue weighted by Gasteiger charge is 2.59. The largest absolute Gasteiger partial charge is 0.481 e. The Balaban J connectivity index is 1.33. The van der Waals surface area contributed by atoms with Crippen molar-refractivity contribution in [3.63, 3.8) is 0 Å². The zero-order chi connectivity index (χ0) is 24.1. The van der Waals surface area contributed by atoms with Crippen LogP contribution < -0.4 is 10.6 Å². The van der Waals surface area contributed by atoms with Gasteiger partial charge in [-0.1, -0.05) is 12.1 Å². The molecule has 1 aromatic rings. The zero-order valence-electron chi connectivity index (χ0n) is 19.8. The molecule has 1 saturated heterocycles. The number of nitriles is 1. The summed E-state index contributed by atoms with van der Waals surface area (Å²) >= 11 is 0. The van der Waals surface area contributed by atoms with E-state index in [9.17, 15) is 19.6 Å². The van der Waals surface area contributed by atoms with Gasteiger partial charge >= 0.3 is 5.97 Å².